The lowest BCUT2D eigenvalue weighted by atomic mass is 10.1. The largest absolute Gasteiger partial charge is 0.493 e. The third-order valence-corrected chi connectivity index (χ3v) is 3.29. The highest BCUT2D eigenvalue weighted by molar-refractivity contribution is 6.01. The molecule has 0 aromatic heterocycles. The van der Waals surface area contributed by atoms with Crippen molar-refractivity contribution < 1.29 is 23.0 Å². The Kier molecular flexibility index (Phi) is 5.47. The molecule has 0 saturated heterocycles. The Labute approximate surface area is 137 Å². The van der Waals surface area contributed by atoms with E-state index in [-0.39, 0.29) is 16.8 Å². The summed E-state index contributed by atoms with van der Waals surface area (Å²) >= 11 is 0. The van der Waals surface area contributed by atoms with Gasteiger partial charge in [0.1, 0.15) is 11.6 Å². The van der Waals surface area contributed by atoms with E-state index in [1.807, 2.05) is 0 Å². The normalized spacial score (nSPS) is 11.1. The zero-order chi connectivity index (χ0) is 17.7. The standard InChI is InChI=1S/C17H16F2N2O3/c1-10(13-9-12(18)5-6-14(13)19)20-21-17(22)11-4-7-15(23-2)16(8-11)24-3/h4-9H,1-3H3,(H,21,22)/b20-10-. The molecule has 2 aromatic rings. The van der Waals surface area contributed by atoms with Gasteiger partial charge in [-0.15, -0.1) is 0 Å². The van der Waals surface area contributed by atoms with Crippen molar-refractivity contribution >= 4 is 11.6 Å². The number of amides is 1. The Bertz CT molecular complexity index is 791. The highest BCUT2D eigenvalue weighted by Crippen LogP contribution is 2.27. The zero-order valence-electron chi connectivity index (χ0n) is 13.4. The van der Waals surface area contributed by atoms with E-state index < -0.39 is 17.5 Å². The molecule has 0 bridgehead atoms. The molecular weight excluding hydrogens is 318 g/mol. The molecular formula is C17H16F2N2O3. The van der Waals surface area contributed by atoms with Gasteiger partial charge in [-0.25, -0.2) is 14.2 Å². The first-order chi connectivity index (χ1) is 11.5. The minimum absolute atomic E-state index is 0.0254. The Balaban J connectivity index is 2.19. The van der Waals surface area contributed by atoms with Gasteiger partial charge in [0.2, 0.25) is 0 Å². The monoisotopic (exact) mass is 334 g/mol. The SMILES string of the molecule is COc1ccc(C(=O)N/N=C(/C)c2cc(F)ccc2F)cc1OC. The Morgan fingerprint density at radius 3 is 2.42 bits per heavy atom. The molecule has 1 N–H and O–H groups in total. The highest BCUT2D eigenvalue weighted by Gasteiger charge is 2.11. The summed E-state index contributed by atoms with van der Waals surface area (Å²) in [6.45, 7) is 1.47. The van der Waals surface area contributed by atoms with Gasteiger partial charge in [0.25, 0.3) is 5.91 Å². The van der Waals surface area contributed by atoms with Crippen LogP contribution < -0.4 is 14.9 Å². The van der Waals surface area contributed by atoms with Crippen molar-refractivity contribution in [1.29, 1.82) is 0 Å². The van der Waals surface area contributed by atoms with Crippen LogP contribution in [0.2, 0.25) is 0 Å². The molecule has 0 radical (unpaired) electrons. The van der Waals surface area contributed by atoms with Crippen molar-refractivity contribution in [3.8, 4) is 11.5 Å². The van der Waals surface area contributed by atoms with E-state index in [1.54, 1.807) is 6.07 Å². The lowest BCUT2D eigenvalue weighted by Gasteiger charge is -2.09. The number of hydrazone groups is 1. The number of carbonyl (C=O) groups is 1. The molecule has 0 spiro atoms. The first kappa shape index (κ1) is 17.4. The second-order valence-electron chi connectivity index (χ2n) is 4.83. The predicted octanol–water partition coefficient (Wildman–Crippen LogP) is 3.14. The molecule has 0 saturated carbocycles. The van der Waals surface area contributed by atoms with E-state index in [2.05, 4.69) is 10.5 Å². The maximum Gasteiger partial charge on any atom is 0.271 e. The third-order valence-electron chi connectivity index (χ3n) is 3.29. The molecule has 0 heterocycles. The first-order valence-corrected chi connectivity index (χ1v) is 6.98. The van der Waals surface area contributed by atoms with E-state index in [9.17, 15) is 13.6 Å². The topological polar surface area (TPSA) is 59.9 Å². The van der Waals surface area contributed by atoms with Crippen LogP contribution >= 0.6 is 0 Å². The molecule has 7 heteroatoms. The quantitative estimate of drug-likeness (QED) is 0.675. The number of carbonyl (C=O) groups excluding carboxylic acids is 1. The minimum Gasteiger partial charge on any atom is -0.493 e. The highest BCUT2D eigenvalue weighted by atomic mass is 19.1. The number of nitrogens with one attached hydrogen (secondary N) is 1. The van der Waals surface area contributed by atoms with Crippen LogP contribution in [-0.2, 0) is 0 Å². The summed E-state index contributed by atoms with van der Waals surface area (Å²) in [4.78, 5) is 12.1. The van der Waals surface area contributed by atoms with Crippen molar-refractivity contribution in [3.63, 3.8) is 0 Å². The summed E-state index contributed by atoms with van der Waals surface area (Å²) in [5, 5.41) is 3.81. The predicted molar refractivity (Wildman–Crippen MR) is 85.6 cm³/mol. The van der Waals surface area contributed by atoms with Crippen molar-refractivity contribution in [1.82, 2.24) is 5.43 Å². The van der Waals surface area contributed by atoms with Gasteiger partial charge >= 0.3 is 0 Å². The van der Waals surface area contributed by atoms with E-state index in [4.69, 9.17) is 9.47 Å². The molecule has 0 unspecified atom stereocenters. The van der Waals surface area contributed by atoms with Crippen LogP contribution in [0.15, 0.2) is 41.5 Å². The summed E-state index contributed by atoms with van der Waals surface area (Å²) in [5.41, 5.74) is 2.69. The molecule has 2 rings (SSSR count). The van der Waals surface area contributed by atoms with E-state index >= 15 is 0 Å². The van der Waals surface area contributed by atoms with Crippen LogP contribution in [0.3, 0.4) is 0 Å². The number of hydrogen-bond donors (Lipinski definition) is 1. The first-order valence-electron chi connectivity index (χ1n) is 6.98. The maximum atomic E-state index is 13.7. The van der Waals surface area contributed by atoms with Crippen LogP contribution in [0.1, 0.15) is 22.8 Å². The van der Waals surface area contributed by atoms with Gasteiger partial charge in [-0.1, -0.05) is 0 Å². The fourth-order valence-corrected chi connectivity index (χ4v) is 2.01. The van der Waals surface area contributed by atoms with E-state index in [1.165, 1.54) is 33.3 Å². The second-order valence-corrected chi connectivity index (χ2v) is 4.83. The van der Waals surface area contributed by atoms with Gasteiger partial charge in [0.05, 0.1) is 19.9 Å². The second kappa shape index (κ2) is 7.54. The smallest absolute Gasteiger partial charge is 0.271 e. The average Bonchev–Trinajstić information content (AvgIpc) is 2.60. The summed E-state index contributed by atoms with van der Waals surface area (Å²) in [6.07, 6.45) is 0. The van der Waals surface area contributed by atoms with Gasteiger partial charge in [-0.2, -0.15) is 5.10 Å². The zero-order valence-corrected chi connectivity index (χ0v) is 13.4. The minimum atomic E-state index is -0.627. The summed E-state index contributed by atoms with van der Waals surface area (Å²) in [7, 11) is 2.94. The molecule has 2 aromatic carbocycles. The number of hydrogen-bond acceptors (Lipinski definition) is 4. The maximum absolute atomic E-state index is 13.7. The number of benzene rings is 2. The molecule has 0 aliphatic carbocycles. The molecule has 5 nitrogen and oxygen atoms in total. The lowest BCUT2D eigenvalue weighted by molar-refractivity contribution is 0.0954. The van der Waals surface area contributed by atoms with Gasteiger partial charge in [0.15, 0.2) is 11.5 Å². The van der Waals surface area contributed by atoms with E-state index in [0.29, 0.717) is 11.5 Å². The van der Waals surface area contributed by atoms with Crippen LogP contribution in [0.25, 0.3) is 0 Å². The summed E-state index contributed by atoms with van der Waals surface area (Å²) < 4.78 is 37.1. The molecule has 0 atom stereocenters. The fourth-order valence-electron chi connectivity index (χ4n) is 2.01. The summed E-state index contributed by atoms with van der Waals surface area (Å²) in [5.74, 6) is -0.866. The number of ether oxygens (including phenoxy) is 2. The van der Waals surface area contributed by atoms with Crippen molar-refractivity contribution in [2.24, 2.45) is 5.10 Å². The molecule has 1 amide bonds. The number of methoxy groups -OCH3 is 2. The molecule has 24 heavy (non-hydrogen) atoms. The molecule has 126 valence electrons. The van der Waals surface area contributed by atoms with Crippen molar-refractivity contribution in [2.45, 2.75) is 6.92 Å². The Hall–Kier alpha value is -2.96. The summed E-state index contributed by atoms with van der Waals surface area (Å²) in [6, 6.07) is 7.62. The molecule has 0 aliphatic heterocycles. The Morgan fingerprint density at radius 2 is 1.75 bits per heavy atom. The van der Waals surface area contributed by atoms with Crippen LogP contribution in [0.5, 0.6) is 11.5 Å². The Morgan fingerprint density at radius 1 is 1.04 bits per heavy atom. The van der Waals surface area contributed by atoms with Crippen molar-refractivity contribution in [3.05, 3.63) is 59.2 Å². The van der Waals surface area contributed by atoms with Gasteiger partial charge in [-0.05, 0) is 43.3 Å². The molecule has 0 aliphatic rings. The van der Waals surface area contributed by atoms with Crippen molar-refractivity contribution in [2.75, 3.05) is 14.2 Å². The number of nitrogens with zero attached hydrogens (tertiary/aromatic N) is 1. The van der Waals surface area contributed by atoms with Gasteiger partial charge in [0, 0.05) is 11.1 Å². The van der Waals surface area contributed by atoms with E-state index in [0.717, 1.165) is 18.2 Å². The fraction of sp³-hybridized carbons (Fsp3) is 0.176. The third kappa shape index (κ3) is 3.87. The molecule has 0 fully saturated rings. The van der Waals surface area contributed by atoms with Crippen LogP contribution in [-0.4, -0.2) is 25.8 Å². The number of rotatable bonds is 5. The van der Waals surface area contributed by atoms with Gasteiger partial charge in [-0.3, -0.25) is 4.79 Å². The van der Waals surface area contributed by atoms with Gasteiger partial charge < -0.3 is 9.47 Å². The average molecular weight is 334 g/mol. The van der Waals surface area contributed by atoms with Crippen LogP contribution in [0, 0.1) is 11.6 Å². The lowest BCUT2D eigenvalue weighted by Crippen LogP contribution is -2.19. The van der Waals surface area contributed by atoms with Crippen LogP contribution in [0.4, 0.5) is 8.78 Å². The number of halogens is 2.